The summed E-state index contributed by atoms with van der Waals surface area (Å²) in [6, 6.07) is 8.96. The van der Waals surface area contributed by atoms with Crippen molar-refractivity contribution >= 4 is 35.1 Å². The molecule has 0 aliphatic carbocycles. The smallest absolute Gasteiger partial charge is 0.330 e. The van der Waals surface area contributed by atoms with Crippen LogP contribution in [-0.4, -0.2) is 18.6 Å². The van der Waals surface area contributed by atoms with Crippen molar-refractivity contribution in [3.63, 3.8) is 0 Å². The zero-order valence-electron chi connectivity index (χ0n) is 13.7. The second-order valence-corrected chi connectivity index (χ2v) is 6.04. The van der Waals surface area contributed by atoms with Gasteiger partial charge < -0.3 is 15.4 Å². The van der Waals surface area contributed by atoms with Gasteiger partial charge in [-0.2, -0.15) is 0 Å². The zero-order valence-corrected chi connectivity index (χ0v) is 14.5. The average Bonchev–Trinajstić information content (AvgIpc) is 2.98. The quantitative estimate of drug-likeness (QED) is 0.616. The maximum atomic E-state index is 11.9. The number of aryl methyl sites for hydroxylation is 1. The molecule has 0 fully saturated rings. The molecule has 0 radical (unpaired) electrons. The fourth-order valence-corrected chi connectivity index (χ4v) is 2.80. The summed E-state index contributed by atoms with van der Waals surface area (Å²) in [5, 5.41) is 7.61. The Balaban J connectivity index is 1.83. The third kappa shape index (κ3) is 5.55. The van der Waals surface area contributed by atoms with E-state index in [4.69, 9.17) is 4.74 Å². The number of urea groups is 1. The lowest BCUT2D eigenvalue weighted by atomic mass is 10.2. The molecule has 0 aliphatic heterocycles. The van der Waals surface area contributed by atoms with E-state index in [-0.39, 0.29) is 12.0 Å². The van der Waals surface area contributed by atoms with Crippen molar-refractivity contribution in [1.29, 1.82) is 0 Å². The minimum absolute atomic E-state index is 0.252. The first-order valence-corrected chi connectivity index (χ1v) is 8.49. The highest BCUT2D eigenvalue weighted by Crippen LogP contribution is 2.15. The Morgan fingerprint density at radius 1 is 1.21 bits per heavy atom. The van der Waals surface area contributed by atoms with Crippen LogP contribution in [0.3, 0.4) is 0 Å². The van der Waals surface area contributed by atoms with E-state index in [1.807, 2.05) is 30.5 Å². The van der Waals surface area contributed by atoms with Crippen LogP contribution >= 0.6 is 11.3 Å². The van der Waals surface area contributed by atoms with E-state index >= 15 is 0 Å². The van der Waals surface area contributed by atoms with Gasteiger partial charge in [0.25, 0.3) is 0 Å². The molecule has 6 heteroatoms. The molecule has 0 saturated carbocycles. The Hall–Kier alpha value is -2.60. The Labute approximate surface area is 145 Å². The van der Waals surface area contributed by atoms with Gasteiger partial charge in [-0.1, -0.05) is 12.1 Å². The van der Waals surface area contributed by atoms with Crippen molar-refractivity contribution in [2.24, 2.45) is 0 Å². The molecule has 2 amide bonds. The molecular formula is C18H20N2O3S. The van der Waals surface area contributed by atoms with Gasteiger partial charge in [0.1, 0.15) is 0 Å². The van der Waals surface area contributed by atoms with E-state index < -0.39 is 0 Å². The highest BCUT2D eigenvalue weighted by atomic mass is 32.1. The number of rotatable bonds is 6. The maximum absolute atomic E-state index is 11.9. The van der Waals surface area contributed by atoms with Crippen molar-refractivity contribution in [3.8, 4) is 0 Å². The standard InChI is InChI=1S/C18H20N2O3S/c1-3-23-17(21)9-6-14-4-7-15(8-5-14)20-18(22)19-12-16-13(2)10-11-24-16/h4-11H,3,12H2,1-2H3,(H2,19,20,22)/b9-6+. The van der Waals surface area contributed by atoms with Crippen molar-refractivity contribution in [2.45, 2.75) is 20.4 Å². The van der Waals surface area contributed by atoms with Gasteiger partial charge >= 0.3 is 12.0 Å². The number of thiophene rings is 1. The lowest BCUT2D eigenvalue weighted by Crippen LogP contribution is -2.28. The van der Waals surface area contributed by atoms with Crippen LogP contribution in [-0.2, 0) is 16.1 Å². The number of benzene rings is 1. The molecule has 2 rings (SSSR count). The summed E-state index contributed by atoms with van der Waals surface area (Å²) in [6.07, 6.45) is 3.05. The minimum Gasteiger partial charge on any atom is -0.463 e. The van der Waals surface area contributed by atoms with Gasteiger partial charge in [0.2, 0.25) is 0 Å². The summed E-state index contributed by atoms with van der Waals surface area (Å²) in [6.45, 7) is 4.65. The molecular weight excluding hydrogens is 324 g/mol. The molecule has 1 aromatic carbocycles. The predicted octanol–water partition coefficient (Wildman–Crippen LogP) is 3.95. The molecule has 0 spiro atoms. The summed E-state index contributed by atoms with van der Waals surface area (Å²) < 4.78 is 4.82. The number of carbonyl (C=O) groups is 2. The van der Waals surface area contributed by atoms with Gasteiger partial charge in [-0.05, 0) is 54.6 Å². The van der Waals surface area contributed by atoms with E-state index in [9.17, 15) is 9.59 Å². The Bertz CT molecular complexity index is 720. The average molecular weight is 344 g/mol. The van der Waals surface area contributed by atoms with Gasteiger partial charge in [0.05, 0.1) is 13.2 Å². The summed E-state index contributed by atoms with van der Waals surface area (Å²) >= 11 is 1.62. The third-order valence-electron chi connectivity index (χ3n) is 3.24. The van der Waals surface area contributed by atoms with Crippen LogP contribution in [0.2, 0.25) is 0 Å². The van der Waals surface area contributed by atoms with Crippen LogP contribution < -0.4 is 10.6 Å². The number of esters is 1. The monoisotopic (exact) mass is 344 g/mol. The Morgan fingerprint density at radius 2 is 1.96 bits per heavy atom. The maximum Gasteiger partial charge on any atom is 0.330 e. The molecule has 5 nitrogen and oxygen atoms in total. The van der Waals surface area contributed by atoms with Crippen molar-refractivity contribution in [2.75, 3.05) is 11.9 Å². The van der Waals surface area contributed by atoms with Gasteiger partial charge in [-0.25, -0.2) is 9.59 Å². The van der Waals surface area contributed by atoms with Crippen LogP contribution in [0.4, 0.5) is 10.5 Å². The predicted molar refractivity (Wildman–Crippen MR) is 97.0 cm³/mol. The highest BCUT2D eigenvalue weighted by Gasteiger charge is 2.04. The second kappa shape index (κ2) is 8.88. The number of ether oxygens (including phenoxy) is 1. The summed E-state index contributed by atoms with van der Waals surface area (Å²) in [4.78, 5) is 24.3. The molecule has 2 aromatic rings. The van der Waals surface area contributed by atoms with Crippen LogP contribution in [0.1, 0.15) is 22.9 Å². The van der Waals surface area contributed by atoms with Crippen LogP contribution in [0.5, 0.6) is 0 Å². The summed E-state index contributed by atoms with van der Waals surface area (Å²) in [5.74, 6) is -0.372. The summed E-state index contributed by atoms with van der Waals surface area (Å²) in [7, 11) is 0. The van der Waals surface area contributed by atoms with E-state index in [1.54, 1.807) is 36.5 Å². The van der Waals surface area contributed by atoms with Gasteiger partial charge in [-0.3, -0.25) is 0 Å². The molecule has 24 heavy (non-hydrogen) atoms. The fraction of sp³-hybridized carbons (Fsp3) is 0.222. The molecule has 126 valence electrons. The van der Waals surface area contributed by atoms with Crippen LogP contribution in [0.25, 0.3) is 6.08 Å². The zero-order chi connectivity index (χ0) is 17.4. The van der Waals surface area contributed by atoms with E-state index in [1.165, 1.54) is 11.6 Å². The molecule has 0 saturated heterocycles. The molecule has 0 unspecified atom stereocenters. The number of nitrogens with one attached hydrogen (secondary N) is 2. The lowest BCUT2D eigenvalue weighted by Gasteiger charge is -2.07. The minimum atomic E-state index is -0.372. The number of anilines is 1. The highest BCUT2D eigenvalue weighted by molar-refractivity contribution is 7.10. The topological polar surface area (TPSA) is 67.4 Å². The third-order valence-corrected chi connectivity index (χ3v) is 4.27. The van der Waals surface area contributed by atoms with Crippen LogP contribution in [0.15, 0.2) is 41.8 Å². The number of amides is 2. The molecule has 0 aliphatic rings. The van der Waals surface area contributed by atoms with Gasteiger partial charge in [0.15, 0.2) is 0 Å². The van der Waals surface area contributed by atoms with Crippen molar-refractivity contribution in [1.82, 2.24) is 5.32 Å². The first-order valence-electron chi connectivity index (χ1n) is 7.61. The summed E-state index contributed by atoms with van der Waals surface area (Å²) in [5.41, 5.74) is 2.71. The first-order chi connectivity index (χ1) is 11.6. The van der Waals surface area contributed by atoms with Crippen molar-refractivity contribution in [3.05, 3.63) is 57.8 Å². The second-order valence-electron chi connectivity index (χ2n) is 5.04. The number of carbonyl (C=O) groups excluding carboxylic acids is 2. The molecule has 0 atom stereocenters. The normalized spacial score (nSPS) is 10.6. The number of hydrogen-bond donors (Lipinski definition) is 2. The van der Waals surface area contributed by atoms with E-state index in [2.05, 4.69) is 10.6 Å². The van der Waals surface area contributed by atoms with E-state index in [0.717, 1.165) is 10.4 Å². The molecule has 1 aromatic heterocycles. The molecule has 2 N–H and O–H groups in total. The lowest BCUT2D eigenvalue weighted by molar-refractivity contribution is -0.137. The SMILES string of the molecule is CCOC(=O)/C=C/c1ccc(NC(=O)NCc2sccc2C)cc1. The fourth-order valence-electron chi connectivity index (χ4n) is 1.95. The van der Waals surface area contributed by atoms with Crippen molar-refractivity contribution < 1.29 is 14.3 Å². The largest absolute Gasteiger partial charge is 0.463 e. The number of hydrogen-bond acceptors (Lipinski definition) is 4. The first kappa shape index (κ1) is 17.7. The molecule has 1 heterocycles. The van der Waals surface area contributed by atoms with Crippen LogP contribution in [0, 0.1) is 6.92 Å². The van der Waals surface area contributed by atoms with E-state index in [0.29, 0.717) is 18.8 Å². The van der Waals surface area contributed by atoms with Gasteiger partial charge in [-0.15, -0.1) is 11.3 Å². The Morgan fingerprint density at radius 3 is 2.58 bits per heavy atom. The molecule has 0 bridgehead atoms. The van der Waals surface area contributed by atoms with Gasteiger partial charge in [0, 0.05) is 16.6 Å². The Kier molecular flexibility index (Phi) is 6.57.